The van der Waals surface area contributed by atoms with E-state index in [1.807, 2.05) is 17.9 Å². The minimum Gasteiger partial charge on any atom is -0.338 e. The smallest absolute Gasteiger partial charge is 0.227 e. The van der Waals surface area contributed by atoms with Crippen LogP contribution in [0.1, 0.15) is 37.2 Å². The van der Waals surface area contributed by atoms with Crippen LogP contribution < -0.4 is 5.32 Å². The van der Waals surface area contributed by atoms with Crippen LogP contribution in [0.15, 0.2) is 12.4 Å². The standard InChI is InChI=1S/C18H29N5O/c1-21-12-14(9-20-21)16-10-19-11-17(16)18(24)23-8-4-5-15(23)13-22-6-2-3-7-22/h9,12,15-17,19H,2-8,10-11,13H2,1H3/t15?,16-,17+/m1/s1. The van der Waals surface area contributed by atoms with E-state index in [2.05, 4.69) is 26.4 Å². The summed E-state index contributed by atoms with van der Waals surface area (Å²) in [4.78, 5) is 18.0. The Bertz CT molecular complexity index is 580. The Morgan fingerprint density at radius 2 is 2.08 bits per heavy atom. The Balaban J connectivity index is 1.45. The van der Waals surface area contributed by atoms with Gasteiger partial charge in [0.25, 0.3) is 0 Å². The van der Waals surface area contributed by atoms with Gasteiger partial charge in [0, 0.05) is 51.4 Å². The third kappa shape index (κ3) is 3.09. The van der Waals surface area contributed by atoms with Crippen LogP contribution in [0.25, 0.3) is 0 Å². The van der Waals surface area contributed by atoms with Crippen molar-refractivity contribution in [2.24, 2.45) is 13.0 Å². The minimum absolute atomic E-state index is 0.0633. The van der Waals surface area contributed by atoms with Gasteiger partial charge in [0.15, 0.2) is 0 Å². The normalized spacial score (nSPS) is 31.2. The number of aromatic nitrogens is 2. The molecule has 6 nitrogen and oxygen atoms in total. The van der Waals surface area contributed by atoms with Crippen molar-refractivity contribution < 1.29 is 4.79 Å². The van der Waals surface area contributed by atoms with Gasteiger partial charge >= 0.3 is 0 Å². The van der Waals surface area contributed by atoms with Crippen molar-refractivity contribution in [2.75, 3.05) is 39.3 Å². The molecule has 0 radical (unpaired) electrons. The van der Waals surface area contributed by atoms with Crippen LogP contribution in [-0.4, -0.2) is 70.8 Å². The zero-order valence-electron chi connectivity index (χ0n) is 14.7. The van der Waals surface area contributed by atoms with Crippen LogP contribution in [0.5, 0.6) is 0 Å². The molecular formula is C18H29N5O. The highest BCUT2D eigenvalue weighted by atomic mass is 16.2. The second kappa shape index (κ2) is 6.84. The maximum Gasteiger partial charge on any atom is 0.227 e. The third-order valence-corrected chi connectivity index (χ3v) is 6.01. The summed E-state index contributed by atoms with van der Waals surface area (Å²) in [5.41, 5.74) is 1.19. The summed E-state index contributed by atoms with van der Waals surface area (Å²) in [5, 5.41) is 7.72. The van der Waals surface area contributed by atoms with Crippen molar-refractivity contribution in [3.05, 3.63) is 18.0 Å². The molecule has 1 aromatic rings. The highest BCUT2D eigenvalue weighted by molar-refractivity contribution is 5.81. The first-order chi connectivity index (χ1) is 11.7. The Morgan fingerprint density at radius 1 is 1.25 bits per heavy atom. The molecule has 6 heteroatoms. The molecule has 0 aliphatic carbocycles. The molecule has 1 N–H and O–H groups in total. The number of hydrogen-bond acceptors (Lipinski definition) is 4. The number of likely N-dealkylation sites (tertiary alicyclic amines) is 2. The Labute approximate surface area is 144 Å². The molecule has 1 unspecified atom stereocenters. The van der Waals surface area contributed by atoms with E-state index < -0.39 is 0 Å². The first-order valence-electron chi connectivity index (χ1n) is 9.44. The van der Waals surface area contributed by atoms with E-state index in [-0.39, 0.29) is 11.8 Å². The van der Waals surface area contributed by atoms with Crippen LogP contribution in [0, 0.1) is 5.92 Å². The fraction of sp³-hybridized carbons (Fsp3) is 0.778. The fourth-order valence-electron chi connectivity index (χ4n) is 4.71. The summed E-state index contributed by atoms with van der Waals surface area (Å²) in [6.07, 6.45) is 8.93. The highest BCUT2D eigenvalue weighted by Gasteiger charge is 2.40. The monoisotopic (exact) mass is 331 g/mol. The number of amides is 1. The first-order valence-corrected chi connectivity index (χ1v) is 9.44. The van der Waals surface area contributed by atoms with Crippen LogP contribution in [0.4, 0.5) is 0 Å². The lowest BCUT2D eigenvalue weighted by Crippen LogP contribution is -2.46. The number of nitrogens with one attached hydrogen (secondary N) is 1. The fourth-order valence-corrected chi connectivity index (χ4v) is 4.71. The molecule has 0 spiro atoms. The number of aryl methyl sites for hydroxylation is 1. The van der Waals surface area contributed by atoms with E-state index >= 15 is 0 Å². The molecule has 1 aromatic heterocycles. The molecule has 1 amide bonds. The van der Waals surface area contributed by atoms with Crippen molar-refractivity contribution in [3.63, 3.8) is 0 Å². The van der Waals surface area contributed by atoms with Gasteiger partial charge in [-0.25, -0.2) is 0 Å². The van der Waals surface area contributed by atoms with Crippen LogP contribution in [0.2, 0.25) is 0 Å². The molecule has 0 aromatic carbocycles. The first kappa shape index (κ1) is 16.1. The van der Waals surface area contributed by atoms with Gasteiger partial charge in [0.1, 0.15) is 0 Å². The van der Waals surface area contributed by atoms with Gasteiger partial charge in [0.2, 0.25) is 5.91 Å². The molecule has 24 heavy (non-hydrogen) atoms. The maximum absolute atomic E-state index is 13.3. The second-order valence-corrected chi connectivity index (χ2v) is 7.65. The molecule has 0 bridgehead atoms. The minimum atomic E-state index is 0.0633. The molecule has 3 aliphatic rings. The second-order valence-electron chi connectivity index (χ2n) is 7.65. The van der Waals surface area contributed by atoms with Crippen LogP contribution in [0.3, 0.4) is 0 Å². The van der Waals surface area contributed by atoms with E-state index in [4.69, 9.17) is 0 Å². The molecule has 3 fully saturated rings. The van der Waals surface area contributed by atoms with Gasteiger partial charge in [-0.3, -0.25) is 9.48 Å². The maximum atomic E-state index is 13.3. The van der Waals surface area contributed by atoms with E-state index in [0.29, 0.717) is 11.9 Å². The number of carbonyl (C=O) groups is 1. The average molecular weight is 331 g/mol. The number of hydrogen-bond donors (Lipinski definition) is 1. The number of nitrogens with zero attached hydrogens (tertiary/aromatic N) is 4. The van der Waals surface area contributed by atoms with Crippen LogP contribution in [-0.2, 0) is 11.8 Å². The van der Waals surface area contributed by atoms with Gasteiger partial charge < -0.3 is 15.1 Å². The van der Waals surface area contributed by atoms with Gasteiger partial charge in [-0.1, -0.05) is 0 Å². The SMILES string of the molecule is Cn1cc([C@H]2CNC[C@@H]2C(=O)N2CCCC2CN2CCCC2)cn1. The number of carbonyl (C=O) groups excluding carboxylic acids is 1. The quantitative estimate of drug-likeness (QED) is 0.887. The van der Waals surface area contributed by atoms with Gasteiger partial charge in [-0.15, -0.1) is 0 Å². The van der Waals surface area contributed by atoms with Crippen molar-refractivity contribution in [3.8, 4) is 0 Å². The Hall–Kier alpha value is -1.40. The third-order valence-electron chi connectivity index (χ3n) is 6.01. The van der Waals surface area contributed by atoms with Gasteiger partial charge in [0.05, 0.1) is 12.1 Å². The van der Waals surface area contributed by atoms with E-state index in [0.717, 1.165) is 32.6 Å². The summed E-state index contributed by atoms with van der Waals surface area (Å²) in [6.45, 7) is 6.11. The molecule has 4 heterocycles. The summed E-state index contributed by atoms with van der Waals surface area (Å²) < 4.78 is 1.83. The van der Waals surface area contributed by atoms with E-state index in [1.165, 1.54) is 37.9 Å². The van der Waals surface area contributed by atoms with Gasteiger partial charge in [-0.05, 0) is 44.3 Å². The molecular weight excluding hydrogens is 302 g/mol. The van der Waals surface area contributed by atoms with Crippen molar-refractivity contribution >= 4 is 5.91 Å². The zero-order chi connectivity index (χ0) is 16.5. The van der Waals surface area contributed by atoms with Crippen LogP contribution >= 0.6 is 0 Å². The topological polar surface area (TPSA) is 53.4 Å². The summed E-state index contributed by atoms with van der Waals surface area (Å²) in [5.74, 6) is 0.683. The molecule has 0 saturated carbocycles. The van der Waals surface area contributed by atoms with Crippen molar-refractivity contribution in [2.45, 2.75) is 37.6 Å². The predicted molar refractivity (Wildman–Crippen MR) is 92.7 cm³/mol. The number of rotatable bonds is 4. The molecule has 132 valence electrons. The summed E-state index contributed by atoms with van der Waals surface area (Å²) in [6, 6.07) is 0.422. The lowest BCUT2D eigenvalue weighted by Gasteiger charge is -2.31. The molecule has 4 rings (SSSR count). The Morgan fingerprint density at radius 3 is 2.83 bits per heavy atom. The predicted octanol–water partition coefficient (Wildman–Crippen LogP) is 0.810. The summed E-state index contributed by atoms with van der Waals surface area (Å²) in [7, 11) is 1.94. The zero-order valence-corrected chi connectivity index (χ0v) is 14.7. The summed E-state index contributed by atoms with van der Waals surface area (Å²) >= 11 is 0. The highest BCUT2D eigenvalue weighted by Crippen LogP contribution is 2.32. The van der Waals surface area contributed by atoms with Crippen molar-refractivity contribution in [1.82, 2.24) is 24.9 Å². The average Bonchev–Trinajstić information content (AvgIpc) is 3.35. The lowest BCUT2D eigenvalue weighted by atomic mass is 9.89. The lowest BCUT2D eigenvalue weighted by molar-refractivity contribution is -0.136. The largest absolute Gasteiger partial charge is 0.338 e. The van der Waals surface area contributed by atoms with E-state index in [9.17, 15) is 4.79 Å². The molecule has 3 saturated heterocycles. The molecule has 3 aliphatic heterocycles. The van der Waals surface area contributed by atoms with Gasteiger partial charge in [-0.2, -0.15) is 5.10 Å². The van der Waals surface area contributed by atoms with Crippen molar-refractivity contribution in [1.29, 1.82) is 0 Å². The molecule has 3 atom stereocenters. The Kier molecular flexibility index (Phi) is 4.59. The van der Waals surface area contributed by atoms with E-state index in [1.54, 1.807) is 0 Å².